The Kier molecular flexibility index (Phi) is 7.09. The first kappa shape index (κ1) is 16.5. The van der Waals surface area contributed by atoms with E-state index >= 15 is 0 Å². The molecule has 4 heteroatoms. The second-order valence-corrected chi connectivity index (χ2v) is 5.07. The molecule has 1 rings (SSSR count). The van der Waals surface area contributed by atoms with E-state index in [1.165, 1.54) is 0 Å². The van der Waals surface area contributed by atoms with E-state index in [1.54, 1.807) is 7.11 Å². The van der Waals surface area contributed by atoms with Gasteiger partial charge in [0, 0.05) is 20.2 Å². The van der Waals surface area contributed by atoms with Crippen LogP contribution in [0.5, 0.6) is 5.75 Å². The van der Waals surface area contributed by atoms with Crippen LogP contribution in [0.3, 0.4) is 0 Å². The van der Waals surface area contributed by atoms with Gasteiger partial charge in [-0.15, -0.1) is 0 Å². The van der Waals surface area contributed by atoms with Crippen LogP contribution in [0.15, 0.2) is 24.3 Å². The van der Waals surface area contributed by atoms with E-state index in [0.29, 0.717) is 43.5 Å². The van der Waals surface area contributed by atoms with Crippen molar-refractivity contribution in [1.29, 1.82) is 0 Å². The predicted molar refractivity (Wildman–Crippen MR) is 80.2 cm³/mol. The van der Waals surface area contributed by atoms with Crippen molar-refractivity contribution in [2.75, 3.05) is 33.4 Å². The minimum atomic E-state index is -0.000185. The summed E-state index contributed by atoms with van der Waals surface area (Å²) in [6.07, 6.45) is 0. The lowest BCUT2D eigenvalue weighted by Gasteiger charge is -2.25. The molecule has 0 aromatic heterocycles. The quantitative estimate of drug-likeness (QED) is 0.734. The highest BCUT2D eigenvalue weighted by atomic mass is 16.5. The van der Waals surface area contributed by atoms with Gasteiger partial charge in [-0.1, -0.05) is 26.0 Å². The number of hydrogen-bond donors (Lipinski definition) is 0. The van der Waals surface area contributed by atoms with Gasteiger partial charge in [0.1, 0.15) is 5.75 Å². The van der Waals surface area contributed by atoms with Gasteiger partial charge >= 0.3 is 0 Å². The second kappa shape index (κ2) is 8.59. The van der Waals surface area contributed by atoms with Crippen LogP contribution in [-0.2, 0) is 4.74 Å². The third-order valence-corrected chi connectivity index (χ3v) is 2.86. The van der Waals surface area contributed by atoms with Crippen molar-refractivity contribution in [1.82, 2.24) is 4.90 Å². The van der Waals surface area contributed by atoms with Crippen LogP contribution in [0, 0.1) is 5.92 Å². The molecular weight excluding hydrogens is 254 g/mol. The van der Waals surface area contributed by atoms with E-state index in [-0.39, 0.29) is 5.91 Å². The molecule has 0 radical (unpaired) electrons. The number of benzene rings is 1. The normalized spacial score (nSPS) is 10.7. The molecule has 0 spiro atoms. The molecule has 0 atom stereocenters. The Hall–Kier alpha value is -1.55. The lowest BCUT2D eigenvalue weighted by Crippen LogP contribution is -2.37. The molecule has 4 nitrogen and oxygen atoms in total. The van der Waals surface area contributed by atoms with Gasteiger partial charge in [-0.25, -0.2) is 0 Å². The minimum Gasteiger partial charge on any atom is -0.493 e. The molecule has 0 heterocycles. The molecule has 1 aromatic carbocycles. The molecule has 0 fully saturated rings. The molecule has 0 saturated carbocycles. The molecule has 0 aliphatic heterocycles. The summed E-state index contributed by atoms with van der Waals surface area (Å²) in [6.45, 7) is 8.50. The molecule has 112 valence electrons. The SMILES string of the molecule is CCOc1ccccc1C(=O)N(CCOC)CC(C)C. The van der Waals surface area contributed by atoms with Crippen molar-refractivity contribution < 1.29 is 14.3 Å². The fraction of sp³-hybridized carbons (Fsp3) is 0.562. The zero-order valence-corrected chi connectivity index (χ0v) is 12.9. The second-order valence-electron chi connectivity index (χ2n) is 5.07. The van der Waals surface area contributed by atoms with Gasteiger partial charge in [-0.3, -0.25) is 4.79 Å². The number of hydrogen-bond acceptors (Lipinski definition) is 3. The van der Waals surface area contributed by atoms with E-state index in [2.05, 4.69) is 13.8 Å². The van der Waals surface area contributed by atoms with Crippen molar-refractivity contribution in [3.63, 3.8) is 0 Å². The third-order valence-electron chi connectivity index (χ3n) is 2.86. The Morgan fingerprint density at radius 1 is 1.30 bits per heavy atom. The zero-order chi connectivity index (χ0) is 15.0. The summed E-state index contributed by atoms with van der Waals surface area (Å²) in [5.74, 6) is 1.06. The fourth-order valence-electron chi connectivity index (χ4n) is 2.01. The lowest BCUT2D eigenvalue weighted by atomic mass is 10.1. The molecule has 0 unspecified atom stereocenters. The molecule has 1 aromatic rings. The van der Waals surface area contributed by atoms with Gasteiger partial charge in [0.25, 0.3) is 5.91 Å². The van der Waals surface area contributed by atoms with Crippen LogP contribution in [0.2, 0.25) is 0 Å². The number of ether oxygens (including phenoxy) is 2. The maximum Gasteiger partial charge on any atom is 0.257 e. The predicted octanol–water partition coefficient (Wildman–Crippen LogP) is 2.83. The maximum atomic E-state index is 12.7. The summed E-state index contributed by atoms with van der Waals surface area (Å²) in [5, 5.41) is 0. The van der Waals surface area contributed by atoms with Gasteiger partial charge in [-0.2, -0.15) is 0 Å². The Labute approximate surface area is 121 Å². The first-order chi connectivity index (χ1) is 9.60. The largest absolute Gasteiger partial charge is 0.493 e. The van der Waals surface area contributed by atoms with Crippen molar-refractivity contribution in [2.45, 2.75) is 20.8 Å². The summed E-state index contributed by atoms with van der Waals surface area (Å²) in [7, 11) is 1.65. The average Bonchev–Trinajstić information content (AvgIpc) is 2.43. The Balaban J connectivity index is 2.92. The van der Waals surface area contributed by atoms with E-state index in [1.807, 2.05) is 36.1 Å². The van der Waals surface area contributed by atoms with Crippen LogP contribution in [0.1, 0.15) is 31.1 Å². The number of carbonyl (C=O) groups excluding carboxylic acids is 1. The van der Waals surface area contributed by atoms with Crippen molar-refractivity contribution in [3.05, 3.63) is 29.8 Å². The molecule has 0 aliphatic rings. The molecule has 0 aliphatic carbocycles. The number of nitrogens with zero attached hydrogens (tertiary/aromatic N) is 1. The number of carbonyl (C=O) groups is 1. The highest BCUT2D eigenvalue weighted by Gasteiger charge is 2.19. The van der Waals surface area contributed by atoms with Gasteiger partial charge in [0.15, 0.2) is 0 Å². The molecule has 20 heavy (non-hydrogen) atoms. The molecule has 0 saturated heterocycles. The highest BCUT2D eigenvalue weighted by Crippen LogP contribution is 2.20. The Morgan fingerprint density at radius 3 is 2.60 bits per heavy atom. The molecule has 1 amide bonds. The van der Waals surface area contributed by atoms with E-state index in [0.717, 1.165) is 0 Å². The van der Waals surface area contributed by atoms with Crippen LogP contribution < -0.4 is 4.74 Å². The number of para-hydroxylation sites is 1. The first-order valence-corrected chi connectivity index (χ1v) is 7.10. The van der Waals surface area contributed by atoms with Gasteiger partial charge in [-0.05, 0) is 25.0 Å². The number of rotatable bonds is 8. The van der Waals surface area contributed by atoms with E-state index < -0.39 is 0 Å². The first-order valence-electron chi connectivity index (χ1n) is 7.10. The van der Waals surface area contributed by atoms with Gasteiger partial charge < -0.3 is 14.4 Å². The summed E-state index contributed by atoms with van der Waals surface area (Å²) in [5.41, 5.74) is 0.617. The van der Waals surface area contributed by atoms with Crippen molar-refractivity contribution in [2.24, 2.45) is 5.92 Å². The molecule has 0 bridgehead atoms. The summed E-state index contributed by atoms with van der Waals surface area (Å²) in [6, 6.07) is 7.39. The van der Waals surface area contributed by atoms with E-state index in [4.69, 9.17) is 9.47 Å². The van der Waals surface area contributed by atoms with Gasteiger partial charge in [0.2, 0.25) is 0 Å². The van der Waals surface area contributed by atoms with Crippen molar-refractivity contribution in [3.8, 4) is 5.75 Å². The molecule has 0 N–H and O–H groups in total. The summed E-state index contributed by atoms with van der Waals surface area (Å²) >= 11 is 0. The third kappa shape index (κ3) is 4.85. The standard InChI is InChI=1S/C16H25NO3/c1-5-20-15-9-7-6-8-14(15)16(18)17(10-11-19-4)12-13(2)3/h6-9,13H,5,10-12H2,1-4H3. The molecular formula is C16H25NO3. The van der Waals surface area contributed by atoms with E-state index in [9.17, 15) is 4.79 Å². The summed E-state index contributed by atoms with van der Waals surface area (Å²) < 4.78 is 10.6. The topological polar surface area (TPSA) is 38.8 Å². The maximum absolute atomic E-state index is 12.7. The summed E-state index contributed by atoms with van der Waals surface area (Å²) in [4.78, 5) is 14.5. The highest BCUT2D eigenvalue weighted by molar-refractivity contribution is 5.97. The Bertz CT molecular complexity index is 418. The average molecular weight is 279 g/mol. The van der Waals surface area contributed by atoms with Crippen molar-refractivity contribution >= 4 is 5.91 Å². The Morgan fingerprint density at radius 2 is 2.00 bits per heavy atom. The van der Waals surface area contributed by atoms with Gasteiger partial charge in [0.05, 0.1) is 18.8 Å². The number of methoxy groups -OCH3 is 1. The van der Waals surface area contributed by atoms with Crippen LogP contribution in [0.4, 0.5) is 0 Å². The smallest absolute Gasteiger partial charge is 0.257 e. The lowest BCUT2D eigenvalue weighted by molar-refractivity contribution is 0.0668. The fourth-order valence-corrected chi connectivity index (χ4v) is 2.01. The van der Waals surface area contributed by atoms with Crippen LogP contribution >= 0.6 is 0 Å². The van der Waals surface area contributed by atoms with Crippen LogP contribution in [0.25, 0.3) is 0 Å². The number of amides is 1. The van der Waals surface area contributed by atoms with Crippen LogP contribution in [-0.4, -0.2) is 44.2 Å². The minimum absolute atomic E-state index is 0.000185. The zero-order valence-electron chi connectivity index (χ0n) is 12.9. The monoisotopic (exact) mass is 279 g/mol.